The van der Waals surface area contributed by atoms with Gasteiger partial charge in [0.05, 0.1) is 0 Å². The second kappa shape index (κ2) is 1.95. The molecular weight excluding hydrogens is 124 g/mol. The summed E-state index contributed by atoms with van der Waals surface area (Å²) in [6.07, 6.45) is 5.27. The van der Waals surface area contributed by atoms with Crippen LogP contribution in [0.5, 0.6) is 0 Å². The third-order valence-corrected chi connectivity index (χ3v) is 3.45. The van der Waals surface area contributed by atoms with Crippen molar-refractivity contribution in [2.45, 2.75) is 37.3 Å². The van der Waals surface area contributed by atoms with Crippen LogP contribution in [0.4, 0.5) is 0 Å². The molecule has 1 saturated heterocycles. The smallest absolute Gasteiger partial charge is 0.0357 e. The summed E-state index contributed by atoms with van der Waals surface area (Å²) in [5, 5.41) is 0. The molecule has 1 aliphatic heterocycles. The lowest BCUT2D eigenvalue weighted by Gasteiger charge is -2.47. The van der Waals surface area contributed by atoms with Crippen molar-refractivity contribution in [2.75, 3.05) is 13.6 Å². The number of likely N-dealkylation sites (tertiary alicyclic amines) is 1. The van der Waals surface area contributed by atoms with Crippen molar-refractivity contribution in [3.63, 3.8) is 0 Å². The molecule has 1 heterocycles. The first-order valence-corrected chi connectivity index (χ1v) is 4.22. The van der Waals surface area contributed by atoms with Gasteiger partial charge in [-0.15, -0.1) is 0 Å². The van der Waals surface area contributed by atoms with E-state index in [0.717, 1.165) is 0 Å². The maximum absolute atomic E-state index is 6.02. The highest BCUT2D eigenvalue weighted by Crippen LogP contribution is 2.43. The lowest BCUT2D eigenvalue weighted by Crippen LogP contribution is -2.56. The molecule has 1 aliphatic carbocycles. The van der Waals surface area contributed by atoms with E-state index in [4.69, 9.17) is 5.73 Å². The lowest BCUT2D eigenvalue weighted by molar-refractivity contribution is 0.0666. The van der Waals surface area contributed by atoms with E-state index in [1.54, 1.807) is 0 Å². The summed E-state index contributed by atoms with van der Waals surface area (Å²) in [7, 11) is 2.21. The van der Waals surface area contributed by atoms with E-state index in [2.05, 4.69) is 11.9 Å². The van der Waals surface area contributed by atoms with E-state index < -0.39 is 0 Å². The van der Waals surface area contributed by atoms with Gasteiger partial charge in [-0.25, -0.2) is 0 Å². The van der Waals surface area contributed by atoms with Crippen LogP contribution in [0.1, 0.15) is 25.7 Å². The average molecular weight is 140 g/mol. The number of nitrogens with two attached hydrogens (primary N) is 1. The van der Waals surface area contributed by atoms with Crippen molar-refractivity contribution in [3.05, 3.63) is 0 Å². The molecule has 1 atom stereocenters. The SMILES string of the molecule is CN1CCC(N)C12CCC2. The molecule has 1 unspecified atom stereocenters. The van der Waals surface area contributed by atoms with Crippen LogP contribution < -0.4 is 5.73 Å². The molecule has 0 bridgehead atoms. The molecule has 0 aromatic heterocycles. The van der Waals surface area contributed by atoms with Gasteiger partial charge in [0.1, 0.15) is 0 Å². The molecule has 2 N–H and O–H groups in total. The Morgan fingerprint density at radius 3 is 2.40 bits per heavy atom. The predicted molar refractivity (Wildman–Crippen MR) is 41.8 cm³/mol. The number of nitrogens with zero attached hydrogens (tertiary/aromatic N) is 1. The topological polar surface area (TPSA) is 29.3 Å². The van der Waals surface area contributed by atoms with Crippen LogP contribution in [-0.4, -0.2) is 30.1 Å². The van der Waals surface area contributed by atoms with Gasteiger partial charge >= 0.3 is 0 Å². The van der Waals surface area contributed by atoms with Crippen LogP contribution in [0.3, 0.4) is 0 Å². The van der Waals surface area contributed by atoms with Gasteiger partial charge in [0, 0.05) is 11.6 Å². The minimum atomic E-state index is 0.444. The molecule has 10 heavy (non-hydrogen) atoms. The van der Waals surface area contributed by atoms with Crippen molar-refractivity contribution in [1.29, 1.82) is 0 Å². The van der Waals surface area contributed by atoms with Gasteiger partial charge in [0.2, 0.25) is 0 Å². The fourth-order valence-corrected chi connectivity index (χ4v) is 2.40. The normalized spacial score (nSPS) is 38.4. The maximum Gasteiger partial charge on any atom is 0.0357 e. The lowest BCUT2D eigenvalue weighted by atomic mass is 9.72. The summed E-state index contributed by atoms with van der Waals surface area (Å²) in [5.41, 5.74) is 6.47. The molecule has 2 aliphatic rings. The van der Waals surface area contributed by atoms with Gasteiger partial charge in [-0.05, 0) is 39.3 Å². The Hall–Kier alpha value is -0.0800. The summed E-state index contributed by atoms with van der Waals surface area (Å²) < 4.78 is 0. The summed E-state index contributed by atoms with van der Waals surface area (Å²) in [6, 6.07) is 0.464. The molecular formula is C8H16N2. The molecule has 0 radical (unpaired) electrons. The van der Waals surface area contributed by atoms with Gasteiger partial charge in [-0.2, -0.15) is 0 Å². The fraction of sp³-hybridized carbons (Fsp3) is 1.00. The molecule has 0 aromatic rings. The first-order valence-electron chi connectivity index (χ1n) is 4.22. The monoisotopic (exact) mass is 140 g/mol. The Bertz CT molecular complexity index is 128. The Kier molecular flexibility index (Phi) is 1.29. The molecule has 1 spiro atoms. The van der Waals surface area contributed by atoms with Gasteiger partial charge in [-0.1, -0.05) is 0 Å². The minimum Gasteiger partial charge on any atom is -0.326 e. The molecule has 2 rings (SSSR count). The molecule has 2 nitrogen and oxygen atoms in total. The van der Waals surface area contributed by atoms with E-state index in [9.17, 15) is 0 Å². The van der Waals surface area contributed by atoms with Gasteiger partial charge < -0.3 is 5.73 Å². The molecule has 2 fully saturated rings. The third kappa shape index (κ3) is 0.611. The molecule has 0 aromatic carbocycles. The van der Waals surface area contributed by atoms with Crippen molar-refractivity contribution in [1.82, 2.24) is 4.90 Å². The Balaban J connectivity index is 2.15. The summed E-state index contributed by atoms with van der Waals surface area (Å²) >= 11 is 0. The van der Waals surface area contributed by atoms with Crippen LogP contribution in [-0.2, 0) is 0 Å². The van der Waals surface area contributed by atoms with E-state index in [1.165, 1.54) is 32.2 Å². The number of hydrogen-bond acceptors (Lipinski definition) is 2. The van der Waals surface area contributed by atoms with Crippen LogP contribution in [0.15, 0.2) is 0 Å². The molecule has 1 saturated carbocycles. The minimum absolute atomic E-state index is 0.444. The van der Waals surface area contributed by atoms with Gasteiger partial charge in [-0.3, -0.25) is 4.90 Å². The summed E-state index contributed by atoms with van der Waals surface area (Å²) in [4.78, 5) is 2.46. The predicted octanol–water partition coefficient (Wildman–Crippen LogP) is 0.572. The zero-order valence-corrected chi connectivity index (χ0v) is 6.64. The number of rotatable bonds is 0. The highest BCUT2D eigenvalue weighted by Gasteiger charge is 2.49. The van der Waals surface area contributed by atoms with Crippen LogP contribution >= 0.6 is 0 Å². The van der Waals surface area contributed by atoms with Crippen molar-refractivity contribution in [3.8, 4) is 0 Å². The van der Waals surface area contributed by atoms with Crippen LogP contribution in [0, 0.1) is 0 Å². The highest BCUT2D eigenvalue weighted by molar-refractivity contribution is 5.08. The first kappa shape index (κ1) is 6.62. The highest BCUT2D eigenvalue weighted by atomic mass is 15.2. The maximum atomic E-state index is 6.02. The van der Waals surface area contributed by atoms with Crippen molar-refractivity contribution in [2.24, 2.45) is 5.73 Å². The first-order chi connectivity index (χ1) is 4.76. The molecule has 0 amide bonds. The van der Waals surface area contributed by atoms with E-state index >= 15 is 0 Å². The largest absolute Gasteiger partial charge is 0.326 e. The van der Waals surface area contributed by atoms with E-state index in [-0.39, 0.29) is 0 Å². The third-order valence-electron chi connectivity index (χ3n) is 3.45. The quantitative estimate of drug-likeness (QED) is 0.533. The zero-order chi connectivity index (χ0) is 7.19. The number of hydrogen-bond donors (Lipinski definition) is 1. The van der Waals surface area contributed by atoms with Gasteiger partial charge in [0.25, 0.3) is 0 Å². The second-order valence-electron chi connectivity index (χ2n) is 3.77. The van der Waals surface area contributed by atoms with Crippen molar-refractivity contribution < 1.29 is 0 Å². The van der Waals surface area contributed by atoms with E-state index in [1.807, 2.05) is 0 Å². The second-order valence-corrected chi connectivity index (χ2v) is 3.77. The van der Waals surface area contributed by atoms with Crippen LogP contribution in [0.25, 0.3) is 0 Å². The van der Waals surface area contributed by atoms with Gasteiger partial charge in [0.15, 0.2) is 0 Å². The Morgan fingerprint density at radius 1 is 1.50 bits per heavy atom. The number of likely N-dealkylation sites (N-methyl/N-ethyl adjacent to an activating group) is 1. The zero-order valence-electron chi connectivity index (χ0n) is 6.64. The Morgan fingerprint density at radius 2 is 2.20 bits per heavy atom. The molecule has 2 heteroatoms. The summed E-state index contributed by atoms with van der Waals surface area (Å²) in [6.45, 7) is 1.21. The van der Waals surface area contributed by atoms with Crippen LogP contribution in [0.2, 0.25) is 0 Å². The fourth-order valence-electron chi connectivity index (χ4n) is 2.40. The molecule has 58 valence electrons. The van der Waals surface area contributed by atoms with Crippen molar-refractivity contribution >= 4 is 0 Å². The average Bonchev–Trinajstić information content (AvgIpc) is 2.06. The Labute approximate surface area is 62.4 Å². The van der Waals surface area contributed by atoms with E-state index in [0.29, 0.717) is 11.6 Å². The summed E-state index contributed by atoms with van der Waals surface area (Å²) in [5.74, 6) is 0. The standard InChI is InChI=1S/C8H16N2/c1-10-6-3-7(9)8(10)4-2-5-8/h7H,2-6,9H2,1H3.